The van der Waals surface area contributed by atoms with Crippen LogP contribution in [0.1, 0.15) is 11.1 Å². The molecule has 0 N–H and O–H groups in total. The van der Waals surface area contributed by atoms with Crippen molar-refractivity contribution in [1.29, 1.82) is 0 Å². The van der Waals surface area contributed by atoms with E-state index in [1.54, 1.807) is 11.0 Å². The summed E-state index contributed by atoms with van der Waals surface area (Å²) in [6.07, 6.45) is 0. The molecular formula is C17H11Cl2N3O. The molecule has 0 aliphatic carbocycles. The van der Waals surface area contributed by atoms with Crippen LogP contribution in [0.15, 0.2) is 52.4 Å². The molecule has 0 saturated heterocycles. The number of amides is 1. The maximum absolute atomic E-state index is 12.2. The molecule has 23 heavy (non-hydrogen) atoms. The molecule has 0 aromatic heterocycles. The molecule has 6 heteroatoms. The highest BCUT2D eigenvalue weighted by Crippen LogP contribution is 2.32. The third-order valence-electron chi connectivity index (χ3n) is 3.87. The first-order chi connectivity index (χ1) is 11.1. The normalized spacial score (nSPS) is 16.4. The van der Waals surface area contributed by atoms with Gasteiger partial charge in [-0.05, 0) is 24.3 Å². The highest BCUT2D eigenvalue weighted by Gasteiger charge is 2.32. The van der Waals surface area contributed by atoms with Crippen LogP contribution in [-0.4, -0.2) is 30.5 Å². The molecule has 0 radical (unpaired) electrons. The number of fused-ring (bicyclic) bond motifs is 3. The topological polar surface area (TPSA) is 45.0 Å². The van der Waals surface area contributed by atoms with Gasteiger partial charge in [0, 0.05) is 21.2 Å². The largest absolute Gasteiger partial charge is 0.276 e. The minimum absolute atomic E-state index is 0.0563. The van der Waals surface area contributed by atoms with Crippen molar-refractivity contribution in [1.82, 2.24) is 0 Å². The summed E-state index contributed by atoms with van der Waals surface area (Å²) in [5, 5.41) is 1.18. The van der Waals surface area contributed by atoms with Gasteiger partial charge in [-0.3, -0.25) is 19.7 Å². The van der Waals surface area contributed by atoms with Gasteiger partial charge >= 0.3 is 0 Å². The second-order valence-electron chi connectivity index (χ2n) is 5.27. The average molecular weight is 344 g/mol. The number of benzene rings is 2. The number of nitrogens with zero attached hydrogens (tertiary/aromatic N) is 3. The summed E-state index contributed by atoms with van der Waals surface area (Å²) < 4.78 is 0. The van der Waals surface area contributed by atoms with E-state index in [1.807, 2.05) is 36.4 Å². The number of hydrogen-bond donors (Lipinski definition) is 0. The van der Waals surface area contributed by atoms with Crippen molar-refractivity contribution in [3.05, 3.63) is 63.6 Å². The van der Waals surface area contributed by atoms with Crippen molar-refractivity contribution in [2.24, 2.45) is 9.98 Å². The number of carbonyl (C=O) groups is 1. The molecule has 2 aromatic rings. The van der Waals surface area contributed by atoms with Gasteiger partial charge in [0.1, 0.15) is 12.4 Å². The van der Waals surface area contributed by atoms with Crippen LogP contribution in [0.4, 0.5) is 5.69 Å². The van der Waals surface area contributed by atoms with Crippen LogP contribution in [0.2, 0.25) is 10.0 Å². The smallest absolute Gasteiger partial charge is 0.254 e. The van der Waals surface area contributed by atoms with Crippen molar-refractivity contribution < 1.29 is 4.79 Å². The van der Waals surface area contributed by atoms with Gasteiger partial charge in [-0.1, -0.05) is 41.4 Å². The minimum atomic E-state index is -0.0563. The standard InChI is InChI=1S/C17H11Cl2N3O/c18-10-5-6-14-12(7-10)17(11-3-1-2-4-13(11)19)21-8-15-20-9-16(23)22(14)15/h1-7H,8-9H2. The van der Waals surface area contributed by atoms with Crippen molar-refractivity contribution in [3.8, 4) is 0 Å². The van der Waals surface area contributed by atoms with E-state index in [9.17, 15) is 4.79 Å². The van der Waals surface area contributed by atoms with E-state index < -0.39 is 0 Å². The fourth-order valence-corrected chi connectivity index (χ4v) is 3.25. The van der Waals surface area contributed by atoms with Gasteiger partial charge in [-0.25, -0.2) is 0 Å². The van der Waals surface area contributed by atoms with E-state index in [1.165, 1.54) is 0 Å². The van der Waals surface area contributed by atoms with Crippen LogP contribution >= 0.6 is 23.2 Å². The first-order valence-corrected chi connectivity index (χ1v) is 7.86. The number of carbonyl (C=O) groups excluding carboxylic acids is 1. The molecule has 114 valence electrons. The summed E-state index contributed by atoms with van der Waals surface area (Å²) >= 11 is 12.5. The molecular weight excluding hydrogens is 333 g/mol. The zero-order valence-electron chi connectivity index (χ0n) is 12.0. The van der Waals surface area contributed by atoms with Crippen molar-refractivity contribution in [3.63, 3.8) is 0 Å². The Hall–Kier alpha value is -2.17. The van der Waals surface area contributed by atoms with Gasteiger partial charge in [0.25, 0.3) is 5.91 Å². The SMILES string of the molecule is O=C1CN=C2CN=C(c3ccccc3Cl)c3cc(Cl)ccc3N12. The van der Waals surface area contributed by atoms with Gasteiger partial charge in [0.15, 0.2) is 0 Å². The predicted molar refractivity (Wildman–Crippen MR) is 93.2 cm³/mol. The zero-order chi connectivity index (χ0) is 16.0. The fraction of sp³-hybridized carbons (Fsp3) is 0.118. The molecule has 0 saturated carbocycles. The Bertz CT molecular complexity index is 889. The Morgan fingerprint density at radius 3 is 2.61 bits per heavy atom. The Kier molecular flexibility index (Phi) is 3.43. The van der Waals surface area contributed by atoms with E-state index in [-0.39, 0.29) is 12.5 Å². The zero-order valence-corrected chi connectivity index (χ0v) is 13.5. The molecule has 2 aliphatic heterocycles. The number of anilines is 1. The Labute approximate surface area is 143 Å². The van der Waals surface area contributed by atoms with Crippen molar-refractivity contribution >= 4 is 46.3 Å². The lowest BCUT2D eigenvalue weighted by Crippen LogP contribution is -2.33. The lowest BCUT2D eigenvalue weighted by Gasteiger charge is -2.19. The molecule has 0 unspecified atom stereocenters. The minimum Gasteiger partial charge on any atom is -0.276 e. The Balaban J connectivity index is 1.98. The average Bonchev–Trinajstić information content (AvgIpc) is 2.82. The maximum Gasteiger partial charge on any atom is 0.254 e. The van der Waals surface area contributed by atoms with Crippen LogP contribution < -0.4 is 4.90 Å². The van der Waals surface area contributed by atoms with E-state index in [2.05, 4.69) is 9.98 Å². The second-order valence-corrected chi connectivity index (χ2v) is 6.11. The van der Waals surface area contributed by atoms with E-state index >= 15 is 0 Å². The van der Waals surface area contributed by atoms with Gasteiger partial charge < -0.3 is 0 Å². The summed E-state index contributed by atoms with van der Waals surface area (Å²) in [4.78, 5) is 22.8. The highest BCUT2D eigenvalue weighted by molar-refractivity contribution is 6.37. The lowest BCUT2D eigenvalue weighted by atomic mass is 10.00. The number of rotatable bonds is 1. The van der Waals surface area contributed by atoms with Crippen LogP contribution in [0, 0.1) is 0 Å². The second kappa shape index (κ2) is 5.48. The summed E-state index contributed by atoms with van der Waals surface area (Å²) in [5.41, 5.74) is 3.06. The van der Waals surface area contributed by atoms with E-state index in [0.717, 1.165) is 22.5 Å². The molecule has 0 atom stereocenters. The van der Waals surface area contributed by atoms with E-state index in [4.69, 9.17) is 23.2 Å². The summed E-state index contributed by atoms with van der Waals surface area (Å²) in [6.45, 7) is 0.493. The maximum atomic E-state index is 12.2. The van der Waals surface area contributed by atoms with Gasteiger partial charge in [0.05, 0.1) is 17.9 Å². The lowest BCUT2D eigenvalue weighted by molar-refractivity contribution is -0.115. The molecule has 4 nitrogen and oxygen atoms in total. The number of aliphatic imine (C=N–C) groups is 2. The van der Waals surface area contributed by atoms with Gasteiger partial charge in [0.2, 0.25) is 0 Å². The monoisotopic (exact) mass is 343 g/mol. The van der Waals surface area contributed by atoms with E-state index in [0.29, 0.717) is 22.4 Å². The summed E-state index contributed by atoms with van der Waals surface area (Å²) in [7, 11) is 0. The molecule has 2 heterocycles. The number of hydrogen-bond acceptors (Lipinski definition) is 3. The van der Waals surface area contributed by atoms with Crippen molar-refractivity contribution in [2.45, 2.75) is 0 Å². The highest BCUT2D eigenvalue weighted by atomic mass is 35.5. The molecule has 1 amide bonds. The molecule has 4 rings (SSSR count). The first kappa shape index (κ1) is 14.4. The van der Waals surface area contributed by atoms with Crippen molar-refractivity contribution in [2.75, 3.05) is 18.0 Å². The van der Waals surface area contributed by atoms with Crippen LogP contribution in [0.25, 0.3) is 0 Å². The quantitative estimate of drug-likeness (QED) is 0.780. The first-order valence-electron chi connectivity index (χ1n) is 7.11. The van der Waals surface area contributed by atoms with Gasteiger partial charge in [-0.15, -0.1) is 0 Å². The van der Waals surface area contributed by atoms with Crippen LogP contribution in [0.5, 0.6) is 0 Å². The molecule has 0 bridgehead atoms. The molecule has 0 spiro atoms. The summed E-state index contributed by atoms with van der Waals surface area (Å²) in [6, 6.07) is 12.9. The van der Waals surface area contributed by atoms with Crippen LogP contribution in [0.3, 0.4) is 0 Å². The van der Waals surface area contributed by atoms with Crippen LogP contribution in [-0.2, 0) is 4.79 Å². The molecule has 2 aromatic carbocycles. The number of amidine groups is 1. The van der Waals surface area contributed by atoms with Gasteiger partial charge in [-0.2, -0.15) is 0 Å². The number of halogens is 2. The summed E-state index contributed by atoms with van der Waals surface area (Å²) in [5.74, 6) is 0.597. The fourth-order valence-electron chi connectivity index (χ4n) is 2.85. The third-order valence-corrected chi connectivity index (χ3v) is 4.43. The molecule has 0 fully saturated rings. The third kappa shape index (κ3) is 2.35. The Morgan fingerprint density at radius 1 is 0.957 bits per heavy atom. The Morgan fingerprint density at radius 2 is 1.78 bits per heavy atom. The molecule has 2 aliphatic rings. The predicted octanol–water partition coefficient (Wildman–Crippen LogP) is 3.59.